The van der Waals surface area contributed by atoms with Crippen LogP contribution in [0.15, 0.2) is 29.3 Å². The van der Waals surface area contributed by atoms with Crippen molar-refractivity contribution in [2.24, 2.45) is 4.99 Å². The Labute approximate surface area is 147 Å². The topological polar surface area (TPSA) is 67.1 Å². The quantitative estimate of drug-likeness (QED) is 0.646. The third kappa shape index (κ3) is 4.78. The molecule has 1 aromatic heterocycles. The Hall–Kier alpha value is -2.44. The van der Waals surface area contributed by atoms with Crippen molar-refractivity contribution in [1.29, 1.82) is 0 Å². The van der Waals surface area contributed by atoms with Crippen LogP contribution in [0.2, 0.25) is 0 Å². The van der Waals surface area contributed by atoms with E-state index in [0.717, 1.165) is 36.7 Å². The summed E-state index contributed by atoms with van der Waals surface area (Å²) in [7, 11) is 0. The van der Waals surface area contributed by atoms with E-state index < -0.39 is 0 Å². The summed E-state index contributed by atoms with van der Waals surface area (Å²) in [6.45, 7) is 4.75. The second-order valence-electron chi connectivity index (χ2n) is 6.17. The van der Waals surface area contributed by atoms with Crippen LogP contribution in [0, 0.1) is 5.82 Å². The predicted octanol–water partition coefficient (Wildman–Crippen LogP) is 2.40. The average Bonchev–Trinajstić information content (AvgIpc) is 2.84. The normalized spacial score (nSPS) is 14.7. The maximum Gasteiger partial charge on any atom is 0.191 e. The SMILES string of the molecule is CCNC(=NCc1cccc(F)c1)NCc1nnc2n1CCCCC2. The zero-order chi connectivity index (χ0) is 17.5. The standard InChI is InChI=1S/C18H25FN6/c1-2-20-18(21-12-14-7-6-8-15(19)11-14)22-13-17-24-23-16-9-4-3-5-10-25(16)17/h6-8,11H,2-5,9-10,12-13H2,1H3,(H2,20,21,22). The molecule has 0 amide bonds. The first-order valence-corrected chi connectivity index (χ1v) is 8.94. The highest BCUT2D eigenvalue weighted by Crippen LogP contribution is 2.14. The molecule has 2 heterocycles. The molecule has 0 atom stereocenters. The Morgan fingerprint density at radius 3 is 3.00 bits per heavy atom. The van der Waals surface area contributed by atoms with Crippen molar-refractivity contribution in [1.82, 2.24) is 25.4 Å². The van der Waals surface area contributed by atoms with Gasteiger partial charge in [0, 0.05) is 19.5 Å². The third-order valence-corrected chi connectivity index (χ3v) is 4.25. The molecule has 0 bridgehead atoms. The molecule has 2 N–H and O–H groups in total. The van der Waals surface area contributed by atoms with Crippen molar-refractivity contribution in [2.75, 3.05) is 6.54 Å². The van der Waals surface area contributed by atoms with Gasteiger partial charge in [-0.05, 0) is 37.5 Å². The van der Waals surface area contributed by atoms with Crippen LogP contribution >= 0.6 is 0 Å². The van der Waals surface area contributed by atoms with Crippen LogP contribution in [0.25, 0.3) is 0 Å². The van der Waals surface area contributed by atoms with E-state index in [1.165, 1.54) is 31.4 Å². The van der Waals surface area contributed by atoms with E-state index in [4.69, 9.17) is 0 Å². The van der Waals surface area contributed by atoms with E-state index >= 15 is 0 Å². The molecule has 0 saturated heterocycles. The molecular formula is C18H25FN6. The van der Waals surface area contributed by atoms with Gasteiger partial charge in [0.15, 0.2) is 11.8 Å². The van der Waals surface area contributed by atoms with Crippen LogP contribution in [0.1, 0.15) is 43.4 Å². The summed E-state index contributed by atoms with van der Waals surface area (Å²) in [6.07, 6.45) is 4.60. The van der Waals surface area contributed by atoms with Gasteiger partial charge in [-0.25, -0.2) is 9.38 Å². The molecule has 2 aromatic rings. The number of aryl methyl sites for hydroxylation is 1. The second kappa shape index (κ2) is 8.60. The number of hydrogen-bond acceptors (Lipinski definition) is 3. The Kier molecular flexibility index (Phi) is 5.98. The number of benzene rings is 1. The monoisotopic (exact) mass is 344 g/mol. The van der Waals surface area contributed by atoms with Crippen molar-refractivity contribution in [3.05, 3.63) is 47.3 Å². The Morgan fingerprint density at radius 2 is 2.16 bits per heavy atom. The molecule has 1 aliphatic rings. The summed E-state index contributed by atoms with van der Waals surface area (Å²) in [5.74, 6) is 2.47. The van der Waals surface area contributed by atoms with E-state index in [2.05, 4.69) is 30.4 Å². The fraction of sp³-hybridized carbons (Fsp3) is 0.500. The average molecular weight is 344 g/mol. The minimum atomic E-state index is -0.239. The van der Waals surface area contributed by atoms with Gasteiger partial charge in [0.2, 0.25) is 0 Å². The van der Waals surface area contributed by atoms with Gasteiger partial charge in [0.25, 0.3) is 0 Å². The molecule has 25 heavy (non-hydrogen) atoms. The molecule has 0 aliphatic carbocycles. The zero-order valence-electron chi connectivity index (χ0n) is 14.6. The number of nitrogens with zero attached hydrogens (tertiary/aromatic N) is 4. The Balaban J connectivity index is 1.64. The molecule has 0 saturated carbocycles. The highest BCUT2D eigenvalue weighted by atomic mass is 19.1. The number of fused-ring (bicyclic) bond motifs is 1. The smallest absolute Gasteiger partial charge is 0.191 e. The number of aromatic nitrogens is 3. The lowest BCUT2D eigenvalue weighted by Crippen LogP contribution is -2.37. The zero-order valence-corrected chi connectivity index (χ0v) is 14.6. The maximum absolute atomic E-state index is 13.3. The summed E-state index contributed by atoms with van der Waals surface area (Å²) in [6, 6.07) is 6.51. The van der Waals surface area contributed by atoms with Crippen molar-refractivity contribution in [3.8, 4) is 0 Å². The van der Waals surface area contributed by atoms with Gasteiger partial charge < -0.3 is 15.2 Å². The van der Waals surface area contributed by atoms with Gasteiger partial charge in [0.1, 0.15) is 11.6 Å². The van der Waals surface area contributed by atoms with Crippen LogP contribution in [0.5, 0.6) is 0 Å². The first-order chi connectivity index (χ1) is 12.3. The van der Waals surface area contributed by atoms with Crippen LogP contribution in [0.4, 0.5) is 4.39 Å². The number of hydrogen-bond donors (Lipinski definition) is 2. The minimum Gasteiger partial charge on any atom is -0.357 e. The molecule has 0 radical (unpaired) electrons. The van der Waals surface area contributed by atoms with Crippen LogP contribution in [0.3, 0.4) is 0 Å². The molecule has 1 aliphatic heterocycles. The number of rotatable bonds is 5. The highest BCUT2D eigenvalue weighted by molar-refractivity contribution is 5.79. The van der Waals surface area contributed by atoms with Gasteiger partial charge in [-0.3, -0.25) is 0 Å². The first kappa shape index (κ1) is 17.4. The molecule has 134 valence electrons. The van der Waals surface area contributed by atoms with Gasteiger partial charge in [-0.2, -0.15) is 0 Å². The van der Waals surface area contributed by atoms with Crippen LogP contribution < -0.4 is 10.6 Å². The largest absolute Gasteiger partial charge is 0.357 e. The lowest BCUT2D eigenvalue weighted by Gasteiger charge is -2.12. The van der Waals surface area contributed by atoms with E-state index in [1.54, 1.807) is 6.07 Å². The fourth-order valence-electron chi connectivity index (χ4n) is 2.99. The van der Waals surface area contributed by atoms with Crippen LogP contribution in [-0.4, -0.2) is 27.3 Å². The molecule has 7 heteroatoms. The third-order valence-electron chi connectivity index (χ3n) is 4.25. The van der Waals surface area contributed by atoms with Gasteiger partial charge >= 0.3 is 0 Å². The number of halogens is 1. The maximum atomic E-state index is 13.3. The molecule has 6 nitrogen and oxygen atoms in total. The number of nitrogens with one attached hydrogen (secondary N) is 2. The summed E-state index contributed by atoms with van der Waals surface area (Å²) in [5, 5.41) is 15.1. The molecule has 0 unspecified atom stereocenters. The second-order valence-corrected chi connectivity index (χ2v) is 6.17. The van der Waals surface area contributed by atoms with Crippen molar-refractivity contribution in [3.63, 3.8) is 0 Å². The number of aliphatic imine (C=N–C) groups is 1. The molecule has 3 rings (SSSR count). The number of guanidine groups is 1. The van der Waals surface area contributed by atoms with E-state index in [0.29, 0.717) is 19.0 Å². The fourth-order valence-corrected chi connectivity index (χ4v) is 2.99. The summed E-state index contributed by atoms with van der Waals surface area (Å²) in [5.41, 5.74) is 0.841. The lowest BCUT2D eigenvalue weighted by molar-refractivity contribution is 0.596. The Bertz CT molecular complexity index is 724. The minimum absolute atomic E-state index is 0.239. The molecule has 0 spiro atoms. The molecule has 1 aromatic carbocycles. The van der Waals surface area contributed by atoms with Gasteiger partial charge in [0.05, 0.1) is 13.1 Å². The van der Waals surface area contributed by atoms with Crippen molar-refractivity contribution in [2.45, 2.75) is 52.2 Å². The van der Waals surface area contributed by atoms with Gasteiger partial charge in [-0.15, -0.1) is 10.2 Å². The summed E-state index contributed by atoms with van der Waals surface area (Å²) < 4.78 is 15.5. The van der Waals surface area contributed by atoms with Crippen LogP contribution in [-0.2, 0) is 26.1 Å². The highest BCUT2D eigenvalue weighted by Gasteiger charge is 2.14. The Morgan fingerprint density at radius 1 is 1.24 bits per heavy atom. The van der Waals surface area contributed by atoms with Crippen molar-refractivity contribution < 1.29 is 4.39 Å². The van der Waals surface area contributed by atoms with E-state index in [1.807, 2.05) is 13.0 Å². The van der Waals surface area contributed by atoms with E-state index in [-0.39, 0.29) is 5.82 Å². The van der Waals surface area contributed by atoms with E-state index in [9.17, 15) is 4.39 Å². The molecular weight excluding hydrogens is 319 g/mol. The summed E-state index contributed by atoms with van der Waals surface area (Å²) in [4.78, 5) is 4.53. The lowest BCUT2D eigenvalue weighted by atomic mass is 10.2. The first-order valence-electron chi connectivity index (χ1n) is 8.94. The molecule has 0 fully saturated rings. The van der Waals surface area contributed by atoms with Gasteiger partial charge in [-0.1, -0.05) is 18.6 Å². The summed E-state index contributed by atoms with van der Waals surface area (Å²) >= 11 is 0. The predicted molar refractivity (Wildman–Crippen MR) is 95.6 cm³/mol. The van der Waals surface area contributed by atoms with Crippen molar-refractivity contribution >= 4 is 5.96 Å².